The first-order valence-electron chi connectivity index (χ1n) is 8.98. The molecule has 29 heavy (non-hydrogen) atoms. The number of aromatic nitrogens is 1. The average molecular weight is 429 g/mol. The SMILES string of the molecule is CCOC(=O)C1=C(C)N=c2s/c(=C/c3cccc(F)c3)c(=O)n2[C@@H]1c1cccs1. The third kappa shape index (κ3) is 3.61. The van der Waals surface area contributed by atoms with Gasteiger partial charge >= 0.3 is 5.97 Å². The highest BCUT2D eigenvalue weighted by atomic mass is 32.1. The largest absolute Gasteiger partial charge is 0.463 e. The summed E-state index contributed by atoms with van der Waals surface area (Å²) in [4.78, 5) is 31.8. The molecule has 148 valence electrons. The van der Waals surface area contributed by atoms with Crippen molar-refractivity contribution in [2.24, 2.45) is 4.99 Å². The number of rotatable bonds is 4. The molecule has 0 spiro atoms. The quantitative estimate of drug-likeness (QED) is 0.601. The number of fused-ring (bicyclic) bond motifs is 1. The lowest BCUT2D eigenvalue weighted by Crippen LogP contribution is -2.39. The molecule has 1 atom stereocenters. The van der Waals surface area contributed by atoms with Gasteiger partial charge in [-0.2, -0.15) is 0 Å². The molecule has 0 unspecified atom stereocenters. The fourth-order valence-electron chi connectivity index (χ4n) is 3.26. The summed E-state index contributed by atoms with van der Waals surface area (Å²) in [5, 5.41) is 1.90. The number of ether oxygens (including phenoxy) is 1. The van der Waals surface area contributed by atoms with Crippen molar-refractivity contribution in [2.45, 2.75) is 19.9 Å². The highest BCUT2D eigenvalue weighted by molar-refractivity contribution is 7.10. The lowest BCUT2D eigenvalue weighted by molar-refractivity contribution is -0.139. The number of allylic oxidation sites excluding steroid dienone is 1. The van der Waals surface area contributed by atoms with Crippen LogP contribution in [0.3, 0.4) is 0 Å². The van der Waals surface area contributed by atoms with E-state index in [1.165, 1.54) is 39.4 Å². The van der Waals surface area contributed by atoms with Crippen molar-refractivity contribution < 1.29 is 13.9 Å². The van der Waals surface area contributed by atoms with Gasteiger partial charge < -0.3 is 4.74 Å². The van der Waals surface area contributed by atoms with Crippen LogP contribution in [0.15, 0.2) is 62.8 Å². The highest BCUT2D eigenvalue weighted by Crippen LogP contribution is 2.33. The topological polar surface area (TPSA) is 60.7 Å². The van der Waals surface area contributed by atoms with Gasteiger partial charge in [-0.15, -0.1) is 11.3 Å². The van der Waals surface area contributed by atoms with Crippen molar-refractivity contribution in [3.05, 3.63) is 89.0 Å². The second-order valence-corrected chi connectivity index (χ2v) is 8.36. The Morgan fingerprint density at radius 2 is 2.17 bits per heavy atom. The molecular weight excluding hydrogens is 411 g/mol. The number of thiophene rings is 1. The second-order valence-electron chi connectivity index (χ2n) is 6.37. The number of nitrogens with zero attached hydrogens (tertiary/aromatic N) is 2. The smallest absolute Gasteiger partial charge is 0.338 e. The minimum absolute atomic E-state index is 0.233. The molecular formula is C21H17FN2O3S2. The molecule has 0 saturated heterocycles. The lowest BCUT2D eigenvalue weighted by Gasteiger charge is -2.23. The number of carbonyl (C=O) groups is 1. The molecule has 3 heterocycles. The monoisotopic (exact) mass is 428 g/mol. The van der Waals surface area contributed by atoms with Crippen LogP contribution in [0.4, 0.5) is 4.39 Å². The Labute approximate surface area is 173 Å². The van der Waals surface area contributed by atoms with E-state index in [-0.39, 0.29) is 18.0 Å². The number of thiazole rings is 1. The summed E-state index contributed by atoms with van der Waals surface area (Å²) in [6.45, 7) is 3.72. The standard InChI is InChI=1S/C21H17FN2O3S2/c1-3-27-20(26)17-12(2)23-21-24(18(17)15-8-5-9-28-15)19(25)16(29-21)11-13-6-4-7-14(22)10-13/h4-11,18H,3H2,1-2H3/b16-11+/t18-/m1/s1. The Morgan fingerprint density at radius 1 is 1.34 bits per heavy atom. The molecule has 0 bridgehead atoms. The fraction of sp³-hybridized carbons (Fsp3) is 0.190. The van der Waals surface area contributed by atoms with Crippen molar-refractivity contribution in [3.8, 4) is 0 Å². The van der Waals surface area contributed by atoms with Crippen molar-refractivity contribution in [2.75, 3.05) is 6.61 Å². The minimum atomic E-state index is -0.597. The third-order valence-corrected chi connectivity index (χ3v) is 6.38. The summed E-state index contributed by atoms with van der Waals surface area (Å²) < 4.78 is 20.7. The van der Waals surface area contributed by atoms with Gasteiger partial charge in [0.25, 0.3) is 5.56 Å². The third-order valence-electron chi connectivity index (χ3n) is 4.48. The summed E-state index contributed by atoms with van der Waals surface area (Å²) in [7, 11) is 0. The van der Waals surface area contributed by atoms with E-state index in [2.05, 4.69) is 4.99 Å². The Balaban J connectivity index is 1.94. The van der Waals surface area contributed by atoms with Gasteiger partial charge in [0.1, 0.15) is 11.9 Å². The molecule has 0 aliphatic carbocycles. The van der Waals surface area contributed by atoms with Gasteiger partial charge in [0, 0.05) is 4.88 Å². The summed E-state index contributed by atoms with van der Waals surface area (Å²) in [6, 6.07) is 9.20. The molecule has 4 rings (SSSR count). The summed E-state index contributed by atoms with van der Waals surface area (Å²) in [5.74, 6) is -0.852. The number of halogens is 1. The van der Waals surface area contributed by atoms with Crippen LogP contribution in [0.5, 0.6) is 0 Å². The van der Waals surface area contributed by atoms with Crippen LogP contribution in [0.2, 0.25) is 0 Å². The van der Waals surface area contributed by atoms with Crippen LogP contribution in [0, 0.1) is 5.82 Å². The molecule has 1 aromatic carbocycles. The molecule has 0 radical (unpaired) electrons. The predicted molar refractivity (Wildman–Crippen MR) is 111 cm³/mol. The summed E-state index contributed by atoms with van der Waals surface area (Å²) in [6.07, 6.45) is 1.64. The summed E-state index contributed by atoms with van der Waals surface area (Å²) in [5.41, 5.74) is 1.20. The molecule has 0 N–H and O–H groups in total. The normalized spacial score (nSPS) is 16.5. The minimum Gasteiger partial charge on any atom is -0.463 e. The van der Waals surface area contributed by atoms with Gasteiger partial charge in [-0.25, -0.2) is 14.2 Å². The Morgan fingerprint density at radius 3 is 2.86 bits per heavy atom. The van der Waals surface area contributed by atoms with Crippen LogP contribution >= 0.6 is 22.7 Å². The molecule has 1 aliphatic heterocycles. The molecule has 0 amide bonds. The molecule has 3 aromatic rings. The van der Waals surface area contributed by atoms with E-state index in [0.29, 0.717) is 26.2 Å². The van der Waals surface area contributed by atoms with Gasteiger partial charge in [-0.05, 0) is 49.1 Å². The van der Waals surface area contributed by atoms with Gasteiger partial charge in [-0.3, -0.25) is 9.36 Å². The second kappa shape index (κ2) is 7.88. The molecule has 1 aliphatic rings. The zero-order chi connectivity index (χ0) is 20.5. The van der Waals surface area contributed by atoms with Crippen molar-refractivity contribution in [1.29, 1.82) is 0 Å². The van der Waals surface area contributed by atoms with E-state index in [4.69, 9.17) is 4.74 Å². The van der Waals surface area contributed by atoms with Gasteiger partial charge in [0.2, 0.25) is 0 Å². The first-order valence-corrected chi connectivity index (χ1v) is 10.7. The predicted octanol–water partition coefficient (Wildman–Crippen LogP) is 3.00. The molecule has 5 nitrogen and oxygen atoms in total. The molecule has 8 heteroatoms. The Kier molecular flexibility index (Phi) is 5.29. The molecule has 2 aromatic heterocycles. The van der Waals surface area contributed by atoms with E-state index in [1.54, 1.807) is 32.1 Å². The van der Waals surface area contributed by atoms with Gasteiger partial charge in [0.05, 0.1) is 22.4 Å². The van der Waals surface area contributed by atoms with Crippen LogP contribution in [-0.4, -0.2) is 17.1 Å². The van der Waals surface area contributed by atoms with Crippen LogP contribution in [0.25, 0.3) is 6.08 Å². The van der Waals surface area contributed by atoms with Crippen molar-refractivity contribution >= 4 is 34.7 Å². The van der Waals surface area contributed by atoms with E-state index in [9.17, 15) is 14.0 Å². The number of hydrogen-bond donors (Lipinski definition) is 0. The first kappa shape index (κ1) is 19.5. The van der Waals surface area contributed by atoms with Crippen LogP contribution in [-0.2, 0) is 9.53 Å². The maximum absolute atomic E-state index is 13.5. The lowest BCUT2D eigenvalue weighted by atomic mass is 10.0. The zero-order valence-corrected chi connectivity index (χ0v) is 17.3. The molecule has 0 saturated carbocycles. The zero-order valence-electron chi connectivity index (χ0n) is 15.7. The maximum atomic E-state index is 13.5. The van der Waals surface area contributed by atoms with Gasteiger partial charge in [0.15, 0.2) is 4.80 Å². The van der Waals surface area contributed by atoms with Crippen molar-refractivity contribution in [1.82, 2.24) is 4.57 Å². The number of benzene rings is 1. The van der Waals surface area contributed by atoms with Gasteiger partial charge in [-0.1, -0.05) is 29.5 Å². The van der Waals surface area contributed by atoms with Crippen LogP contribution in [0.1, 0.15) is 30.3 Å². The molecule has 0 fully saturated rings. The number of hydrogen-bond acceptors (Lipinski definition) is 6. The fourth-order valence-corrected chi connectivity index (χ4v) is 5.13. The van der Waals surface area contributed by atoms with E-state index < -0.39 is 12.0 Å². The Hall–Kier alpha value is -2.84. The average Bonchev–Trinajstić information content (AvgIpc) is 3.30. The summed E-state index contributed by atoms with van der Waals surface area (Å²) >= 11 is 2.68. The highest BCUT2D eigenvalue weighted by Gasteiger charge is 2.33. The van der Waals surface area contributed by atoms with E-state index >= 15 is 0 Å². The number of carbonyl (C=O) groups excluding carboxylic acids is 1. The first-order chi connectivity index (χ1) is 14.0. The van der Waals surface area contributed by atoms with E-state index in [0.717, 1.165) is 4.88 Å². The number of esters is 1. The maximum Gasteiger partial charge on any atom is 0.338 e. The Bertz CT molecular complexity index is 1290. The van der Waals surface area contributed by atoms with Crippen LogP contribution < -0.4 is 14.9 Å². The van der Waals surface area contributed by atoms with E-state index in [1.807, 2.05) is 17.5 Å². The van der Waals surface area contributed by atoms with Crippen molar-refractivity contribution in [3.63, 3.8) is 0 Å².